The second-order valence-corrected chi connectivity index (χ2v) is 7.16. The highest BCUT2D eigenvalue weighted by Crippen LogP contribution is 2.46. The first-order chi connectivity index (χ1) is 8.21. The molecule has 0 bridgehead atoms. The Morgan fingerprint density at radius 3 is 2.88 bits per heavy atom. The van der Waals surface area contributed by atoms with Crippen LogP contribution in [-0.4, -0.2) is 47.1 Å². The van der Waals surface area contributed by atoms with Crippen LogP contribution in [0.5, 0.6) is 0 Å². The van der Waals surface area contributed by atoms with E-state index in [1.54, 1.807) is 0 Å². The lowest BCUT2D eigenvalue weighted by molar-refractivity contribution is -0.137. The van der Waals surface area contributed by atoms with Gasteiger partial charge in [0.05, 0.1) is 10.9 Å². The van der Waals surface area contributed by atoms with Crippen molar-refractivity contribution in [1.82, 2.24) is 4.90 Å². The van der Waals surface area contributed by atoms with Gasteiger partial charge >= 0.3 is 0 Å². The van der Waals surface area contributed by atoms with Crippen LogP contribution in [-0.2, 0) is 9.53 Å². The Morgan fingerprint density at radius 1 is 1.47 bits per heavy atom. The number of carbonyl (C=O) groups is 1. The maximum Gasteiger partial charge on any atom is 0.222 e. The minimum atomic E-state index is 0.346. The van der Waals surface area contributed by atoms with Gasteiger partial charge in [-0.2, -0.15) is 0 Å². The van der Waals surface area contributed by atoms with E-state index in [4.69, 9.17) is 4.74 Å². The number of carbonyl (C=O) groups excluding carboxylic acids is 1. The zero-order valence-electron chi connectivity index (χ0n) is 10.5. The number of likely N-dealkylation sites (tertiary alicyclic amines) is 1. The van der Waals surface area contributed by atoms with Gasteiger partial charge in [-0.3, -0.25) is 4.79 Å². The predicted octanol–water partition coefficient (Wildman–Crippen LogP) is 1.91. The van der Waals surface area contributed by atoms with E-state index >= 15 is 0 Å². The van der Waals surface area contributed by atoms with E-state index in [0.29, 0.717) is 22.7 Å². The van der Waals surface area contributed by atoms with Crippen LogP contribution in [0.15, 0.2) is 0 Å². The lowest BCUT2D eigenvalue weighted by atomic mass is 9.92. The molecule has 0 aromatic carbocycles. The van der Waals surface area contributed by atoms with E-state index in [1.165, 1.54) is 12.8 Å². The van der Waals surface area contributed by atoms with Crippen molar-refractivity contribution >= 4 is 17.7 Å². The van der Waals surface area contributed by atoms with E-state index in [-0.39, 0.29) is 0 Å². The number of hydrogen-bond donors (Lipinski definition) is 0. The summed E-state index contributed by atoms with van der Waals surface area (Å²) >= 11 is 2.02. The molecule has 1 aliphatic carbocycles. The summed E-state index contributed by atoms with van der Waals surface area (Å²) in [5, 5.41) is 0. The third-order valence-electron chi connectivity index (χ3n) is 4.05. The second kappa shape index (κ2) is 4.47. The maximum absolute atomic E-state index is 11.9. The molecule has 1 amide bonds. The molecule has 3 rings (SSSR count). The molecule has 17 heavy (non-hydrogen) atoms. The van der Waals surface area contributed by atoms with Gasteiger partial charge in [0.2, 0.25) is 5.91 Å². The first-order valence-electron chi connectivity index (χ1n) is 6.74. The predicted molar refractivity (Wildman–Crippen MR) is 69.1 cm³/mol. The van der Waals surface area contributed by atoms with Crippen molar-refractivity contribution in [3.05, 3.63) is 0 Å². The fourth-order valence-corrected chi connectivity index (χ4v) is 4.44. The topological polar surface area (TPSA) is 29.5 Å². The fourth-order valence-electron chi connectivity index (χ4n) is 2.89. The molecule has 96 valence electrons. The molecule has 2 saturated heterocycles. The molecule has 3 nitrogen and oxygen atoms in total. The van der Waals surface area contributed by atoms with Crippen LogP contribution < -0.4 is 0 Å². The van der Waals surface area contributed by atoms with Crippen molar-refractivity contribution in [3.8, 4) is 0 Å². The van der Waals surface area contributed by atoms with E-state index in [0.717, 1.165) is 38.3 Å². The van der Waals surface area contributed by atoms with Crippen molar-refractivity contribution in [1.29, 1.82) is 0 Å². The van der Waals surface area contributed by atoms with E-state index in [2.05, 4.69) is 11.8 Å². The third-order valence-corrected chi connectivity index (χ3v) is 5.62. The summed E-state index contributed by atoms with van der Waals surface area (Å²) in [4.78, 5) is 14.0. The summed E-state index contributed by atoms with van der Waals surface area (Å²) in [6.45, 7) is 4.80. The van der Waals surface area contributed by atoms with Crippen LogP contribution in [0.1, 0.15) is 32.6 Å². The Hall–Kier alpha value is -0.220. The maximum atomic E-state index is 11.9. The molecule has 0 N–H and O–H groups in total. The molecule has 2 heterocycles. The van der Waals surface area contributed by atoms with Crippen LogP contribution >= 0.6 is 11.8 Å². The first kappa shape index (κ1) is 11.8. The average molecular weight is 255 g/mol. The van der Waals surface area contributed by atoms with Crippen LogP contribution in [0, 0.1) is 5.92 Å². The summed E-state index contributed by atoms with van der Waals surface area (Å²) < 4.78 is 6.03. The number of nitrogens with zero attached hydrogens (tertiary/aromatic N) is 1. The molecule has 3 fully saturated rings. The highest BCUT2D eigenvalue weighted by atomic mass is 32.2. The SMILES string of the molecule is CCOC1CSC2(C1)CN(C(=O)CC1CC1)C2. The molecular weight excluding hydrogens is 234 g/mol. The van der Waals surface area contributed by atoms with Gasteiger partial charge in [0.25, 0.3) is 0 Å². The first-order valence-corrected chi connectivity index (χ1v) is 7.73. The van der Waals surface area contributed by atoms with Crippen molar-refractivity contribution in [2.45, 2.75) is 43.5 Å². The Bertz CT molecular complexity index is 311. The number of hydrogen-bond acceptors (Lipinski definition) is 3. The normalized spacial score (nSPS) is 30.6. The number of amides is 1. The molecule has 0 aromatic heterocycles. The second-order valence-electron chi connectivity index (χ2n) is 5.67. The van der Waals surface area contributed by atoms with Crippen molar-refractivity contribution in [3.63, 3.8) is 0 Å². The number of ether oxygens (including phenoxy) is 1. The van der Waals surface area contributed by atoms with Crippen LogP contribution in [0.4, 0.5) is 0 Å². The minimum absolute atomic E-state index is 0.346. The lowest BCUT2D eigenvalue weighted by Crippen LogP contribution is -2.60. The summed E-state index contributed by atoms with van der Waals surface area (Å²) in [5.74, 6) is 2.21. The Kier molecular flexibility index (Phi) is 3.11. The standard InChI is InChI=1S/C13H21NO2S/c1-2-16-11-6-13(17-7-11)8-14(9-13)12(15)5-10-3-4-10/h10-11H,2-9H2,1H3. The molecule has 1 unspecified atom stereocenters. The Labute approximate surface area is 107 Å². The average Bonchev–Trinajstić information content (AvgIpc) is 2.94. The zero-order chi connectivity index (χ0) is 11.9. The smallest absolute Gasteiger partial charge is 0.222 e. The monoisotopic (exact) mass is 255 g/mol. The van der Waals surface area contributed by atoms with Gasteiger partial charge < -0.3 is 9.64 Å². The molecule has 1 atom stereocenters. The fraction of sp³-hybridized carbons (Fsp3) is 0.923. The summed E-state index contributed by atoms with van der Waals surface area (Å²) in [5.41, 5.74) is 0. The lowest BCUT2D eigenvalue weighted by Gasteiger charge is -2.47. The van der Waals surface area contributed by atoms with Crippen LogP contribution in [0.3, 0.4) is 0 Å². The van der Waals surface area contributed by atoms with Gasteiger partial charge in [0, 0.05) is 31.9 Å². The molecule has 1 spiro atoms. The quantitative estimate of drug-likeness (QED) is 0.768. The van der Waals surface area contributed by atoms with E-state index < -0.39 is 0 Å². The van der Waals surface area contributed by atoms with Crippen LogP contribution in [0.2, 0.25) is 0 Å². The van der Waals surface area contributed by atoms with Crippen molar-refractivity contribution in [2.75, 3.05) is 25.4 Å². The molecule has 1 saturated carbocycles. The van der Waals surface area contributed by atoms with Crippen molar-refractivity contribution in [2.24, 2.45) is 5.92 Å². The Morgan fingerprint density at radius 2 is 2.24 bits per heavy atom. The largest absolute Gasteiger partial charge is 0.378 e. The van der Waals surface area contributed by atoms with Gasteiger partial charge in [0.15, 0.2) is 0 Å². The van der Waals surface area contributed by atoms with Gasteiger partial charge in [-0.15, -0.1) is 11.8 Å². The van der Waals surface area contributed by atoms with Gasteiger partial charge in [-0.05, 0) is 32.1 Å². The van der Waals surface area contributed by atoms with Crippen LogP contribution in [0.25, 0.3) is 0 Å². The van der Waals surface area contributed by atoms with Gasteiger partial charge in [0.1, 0.15) is 0 Å². The van der Waals surface area contributed by atoms with Gasteiger partial charge in [-0.1, -0.05) is 0 Å². The molecular formula is C13H21NO2S. The molecule has 3 aliphatic rings. The van der Waals surface area contributed by atoms with Gasteiger partial charge in [-0.25, -0.2) is 0 Å². The minimum Gasteiger partial charge on any atom is -0.378 e. The van der Waals surface area contributed by atoms with Crippen molar-refractivity contribution < 1.29 is 9.53 Å². The summed E-state index contributed by atoms with van der Waals surface area (Å²) in [7, 11) is 0. The number of rotatable bonds is 4. The van der Waals surface area contributed by atoms with E-state index in [1.807, 2.05) is 11.8 Å². The number of thioether (sulfide) groups is 1. The Balaban J connectivity index is 1.45. The highest BCUT2D eigenvalue weighted by molar-refractivity contribution is 8.01. The summed E-state index contributed by atoms with van der Waals surface area (Å²) in [6.07, 6.45) is 4.90. The molecule has 0 radical (unpaired) electrons. The molecule has 4 heteroatoms. The molecule has 2 aliphatic heterocycles. The highest BCUT2D eigenvalue weighted by Gasteiger charge is 2.51. The third kappa shape index (κ3) is 2.48. The molecule has 0 aromatic rings. The summed E-state index contributed by atoms with van der Waals surface area (Å²) in [6, 6.07) is 0. The zero-order valence-corrected chi connectivity index (χ0v) is 11.3. The van der Waals surface area contributed by atoms with E-state index in [9.17, 15) is 4.79 Å².